The maximum Gasteiger partial charge on any atom is 0.162 e. The monoisotopic (exact) mass is 869 g/mol. The van der Waals surface area contributed by atoms with Crippen molar-refractivity contribution >= 4 is 48.1 Å². The number of carbonyl (C=O) groups excluding carboxylic acids is 1. The van der Waals surface area contributed by atoms with Crippen molar-refractivity contribution < 1.29 is 34.6 Å². The molecule has 0 aliphatic heterocycles. The Kier molecular flexibility index (Phi) is 14.8. The first kappa shape index (κ1) is 41.3. The van der Waals surface area contributed by atoms with Crippen molar-refractivity contribution in [1.29, 1.82) is 0 Å². The molecular formula is C45H58IrNO2S-. The Morgan fingerprint density at radius 2 is 1.36 bits per heavy atom. The molecule has 0 bridgehead atoms. The molecule has 1 N–H and O–H groups in total. The number of fused-ring (bicyclic) bond motifs is 4. The molecule has 0 fully saturated rings. The second kappa shape index (κ2) is 17.9. The van der Waals surface area contributed by atoms with Crippen molar-refractivity contribution in [2.75, 3.05) is 0 Å². The predicted octanol–water partition coefficient (Wildman–Crippen LogP) is 13.1. The first-order valence-corrected chi connectivity index (χ1v) is 19.2. The molecule has 0 aliphatic carbocycles. The van der Waals surface area contributed by atoms with Crippen molar-refractivity contribution in [1.82, 2.24) is 0 Å². The van der Waals surface area contributed by atoms with Crippen molar-refractivity contribution in [3.63, 3.8) is 0 Å². The summed E-state index contributed by atoms with van der Waals surface area (Å²) in [6.07, 6.45) is 9.34. The number of aliphatic hydroxyl groups is 1. The Balaban J connectivity index is 0.000000361. The third-order valence-electron chi connectivity index (χ3n) is 10.4. The fraction of sp³-hybridized carbons (Fsp3) is 0.422. The van der Waals surface area contributed by atoms with Gasteiger partial charge in [-0.15, -0.1) is 34.4 Å². The number of benzene rings is 3. The van der Waals surface area contributed by atoms with E-state index in [-0.39, 0.29) is 48.9 Å². The van der Waals surface area contributed by atoms with Crippen LogP contribution in [0.25, 0.3) is 42.2 Å². The zero-order valence-electron chi connectivity index (χ0n) is 31.8. The summed E-state index contributed by atoms with van der Waals surface area (Å²) in [5, 5.41) is 14.9. The number of pyridine rings is 1. The number of aliphatic hydroxyl groups excluding tert-OH is 1. The fourth-order valence-electron chi connectivity index (χ4n) is 7.24. The number of ketones is 1. The van der Waals surface area contributed by atoms with E-state index in [1.54, 1.807) is 0 Å². The number of hydrogen-bond donors (Lipinski definition) is 1. The van der Waals surface area contributed by atoms with Gasteiger partial charge in [0.1, 0.15) is 0 Å². The number of nitrogens with zero attached hydrogens (tertiary/aromatic N) is 1. The first-order valence-electron chi connectivity index (χ1n) is 18.4. The number of hydrogen-bond acceptors (Lipinski definition) is 3. The van der Waals surface area contributed by atoms with Crippen LogP contribution in [-0.4, -0.2) is 10.9 Å². The van der Waals surface area contributed by atoms with Gasteiger partial charge in [-0.05, 0) is 72.3 Å². The minimum absolute atomic E-state index is 0. The summed E-state index contributed by atoms with van der Waals surface area (Å²) in [4.78, 5) is 11.7. The zero-order valence-corrected chi connectivity index (χ0v) is 35.0. The van der Waals surface area contributed by atoms with Gasteiger partial charge < -0.3 is 9.67 Å². The normalized spacial score (nSPS) is 12.2. The molecule has 0 saturated carbocycles. The Labute approximate surface area is 319 Å². The maximum atomic E-state index is 11.7. The largest absolute Gasteiger partial charge is 0.512 e. The van der Waals surface area contributed by atoms with E-state index >= 15 is 0 Å². The molecule has 0 spiro atoms. The smallest absolute Gasteiger partial charge is 0.162 e. The molecule has 3 nitrogen and oxygen atoms in total. The second-order valence-corrected chi connectivity index (χ2v) is 15.5. The second-order valence-electron chi connectivity index (χ2n) is 14.5. The standard InChI is InChI=1S/C32H34NS.C13H24O2.Ir/c1-8-21(9-2)23-15-12-16-25-26-17-18-33(7)29(31(26)34-30(23)25)27-19-28(32(4,5)6)24-14-11-10-13-22(24)20(27)3;1-5-10(6-2)12(14)9-13(15)11(7-3)8-4;/h10-19,21H,3,7-9H2,1-2,4-6H3;9-11,14H,5-8H2,1-4H3;/q-1;;/b;12-9-;. The third-order valence-corrected chi connectivity index (χ3v) is 11.7. The summed E-state index contributed by atoms with van der Waals surface area (Å²) in [5.41, 5.74) is 6.27. The molecule has 0 aliphatic rings. The molecule has 2 heterocycles. The van der Waals surface area contributed by atoms with Crippen LogP contribution in [0.4, 0.5) is 0 Å². The van der Waals surface area contributed by atoms with E-state index in [1.807, 2.05) is 43.6 Å². The Hall–Kier alpha value is -3.11. The number of rotatable bonds is 11. The molecule has 2 aromatic heterocycles. The molecule has 5 rings (SSSR count). The zero-order chi connectivity index (χ0) is 36.0. The Bertz CT molecular complexity index is 1930. The topological polar surface area (TPSA) is 41.2 Å². The van der Waals surface area contributed by atoms with Gasteiger partial charge in [-0.2, -0.15) is 12.5 Å². The summed E-state index contributed by atoms with van der Waals surface area (Å²) < 4.78 is 4.76. The SMILES string of the molecule is CCC(CC)C(=O)/C=C(\O)C(CC)CC.[CH2-]c1c(-c2c3sc4c(C(CC)CC)cccc4c3cc[n+]2[CH2-])cc(C(C)(C)C)c2ccccc12.[Ir]. The number of carbonyl (C=O) groups is 1. The molecule has 1 radical (unpaired) electrons. The van der Waals surface area contributed by atoms with Crippen LogP contribution in [0.15, 0.2) is 72.6 Å². The van der Waals surface area contributed by atoms with E-state index in [9.17, 15) is 9.90 Å². The van der Waals surface area contributed by atoms with Crippen LogP contribution in [0.3, 0.4) is 0 Å². The Morgan fingerprint density at radius 3 is 1.92 bits per heavy atom. The first-order chi connectivity index (χ1) is 23.4. The van der Waals surface area contributed by atoms with Gasteiger partial charge >= 0.3 is 0 Å². The molecule has 0 unspecified atom stereocenters. The molecule has 0 atom stereocenters. The average molecular weight is 869 g/mol. The van der Waals surface area contributed by atoms with Gasteiger partial charge in [0.25, 0.3) is 0 Å². The molecule has 271 valence electrons. The molecule has 5 aromatic rings. The fourth-order valence-corrected chi connectivity index (χ4v) is 8.70. The summed E-state index contributed by atoms with van der Waals surface area (Å²) in [5.74, 6) is 1.13. The minimum Gasteiger partial charge on any atom is -0.512 e. The van der Waals surface area contributed by atoms with E-state index in [1.165, 1.54) is 53.7 Å². The van der Waals surface area contributed by atoms with Crippen LogP contribution in [0.2, 0.25) is 0 Å². The number of aromatic nitrogens is 1. The molecule has 0 saturated heterocycles. The van der Waals surface area contributed by atoms with Gasteiger partial charge in [-0.3, -0.25) is 4.79 Å². The summed E-state index contributed by atoms with van der Waals surface area (Å²) in [6.45, 7) is 24.1. The Morgan fingerprint density at radius 1 is 0.800 bits per heavy atom. The van der Waals surface area contributed by atoms with Crippen LogP contribution in [0.5, 0.6) is 0 Å². The molecule has 0 amide bonds. The van der Waals surface area contributed by atoms with E-state index in [4.69, 9.17) is 0 Å². The number of thiophene rings is 1. The molecule has 5 heteroatoms. The average Bonchev–Trinajstić information content (AvgIpc) is 3.46. The number of allylic oxidation sites excluding steroid dienone is 2. The van der Waals surface area contributed by atoms with Crippen LogP contribution in [0.1, 0.15) is 123 Å². The van der Waals surface area contributed by atoms with Crippen molar-refractivity contribution in [2.24, 2.45) is 11.8 Å². The van der Waals surface area contributed by atoms with Crippen molar-refractivity contribution in [3.8, 4) is 11.3 Å². The van der Waals surface area contributed by atoms with E-state index < -0.39 is 0 Å². The van der Waals surface area contributed by atoms with E-state index in [0.29, 0.717) is 5.92 Å². The molecule has 50 heavy (non-hydrogen) atoms. The maximum absolute atomic E-state index is 11.7. The van der Waals surface area contributed by atoms with Crippen molar-refractivity contribution in [2.45, 2.75) is 112 Å². The van der Waals surface area contributed by atoms with Crippen LogP contribution in [-0.2, 0) is 30.3 Å². The van der Waals surface area contributed by atoms with E-state index in [2.05, 4.69) is 109 Å². The molecule has 3 aromatic carbocycles. The third kappa shape index (κ3) is 8.50. The quantitative estimate of drug-likeness (QED) is 0.0622. The van der Waals surface area contributed by atoms with Crippen LogP contribution < -0.4 is 4.57 Å². The summed E-state index contributed by atoms with van der Waals surface area (Å²) in [6, 6.07) is 20.1. The van der Waals surface area contributed by atoms with Gasteiger partial charge in [-0.1, -0.05) is 110 Å². The summed E-state index contributed by atoms with van der Waals surface area (Å²) >= 11 is 1.92. The van der Waals surface area contributed by atoms with Crippen molar-refractivity contribution in [3.05, 3.63) is 103 Å². The van der Waals surface area contributed by atoms with Gasteiger partial charge in [0, 0.05) is 54.5 Å². The van der Waals surface area contributed by atoms with E-state index in [0.717, 1.165) is 49.8 Å². The van der Waals surface area contributed by atoms with Crippen LogP contribution in [0, 0.1) is 25.8 Å². The predicted molar refractivity (Wildman–Crippen MR) is 214 cm³/mol. The minimum atomic E-state index is 0. The summed E-state index contributed by atoms with van der Waals surface area (Å²) in [7, 11) is 4.42. The van der Waals surface area contributed by atoms with Gasteiger partial charge in [0.05, 0.1) is 17.6 Å². The van der Waals surface area contributed by atoms with Gasteiger partial charge in [0.2, 0.25) is 0 Å². The van der Waals surface area contributed by atoms with Crippen LogP contribution >= 0.6 is 11.3 Å². The van der Waals surface area contributed by atoms with Gasteiger partial charge in [-0.25, -0.2) is 0 Å². The van der Waals surface area contributed by atoms with Gasteiger partial charge in [0.15, 0.2) is 5.78 Å². The molecular weight excluding hydrogens is 811 g/mol.